The molecule has 0 spiro atoms. The van der Waals surface area contributed by atoms with E-state index in [1.54, 1.807) is 0 Å². The summed E-state index contributed by atoms with van der Waals surface area (Å²) in [6.45, 7) is 2.00. The van der Waals surface area contributed by atoms with Gasteiger partial charge in [0, 0.05) is 5.39 Å². The zero-order valence-electron chi connectivity index (χ0n) is 8.68. The number of nitrogens with zero attached hydrogens (tertiary/aromatic N) is 4. The summed E-state index contributed by atoms with van der Waals surface area (Å²) >= 11 is 0. The van der Waals surface area contributed by atoms with Gasteiger partial charge in [0.15, 0.2) is 5.65 Å². The highest BCUT2D eigenvalue weighted by molar-refractivity contribution is 5.91. The average Bonchev–Trinajstić information content (AvgIpc) is 2.63. The number of hydrogen-bond acceptors (Lipinski definition) is 4. The maximum Gasteiger partial charge on any atom is 0.245 e. The molecule has 3 aromatic rings. The second-order valence-electron chi connectivity index (χ2n) is 3.73. The molecule has 1 aromatic carbocycles. The molecular formula is C10H10N6. The molecule has 0 unspecified atom stereocenters. The van der Waals surface area contributed by atoms with Crippen molar-refractivity contribution in [3.63, 3.8) is 0 Å². The van der Waals surface area contributed by atoms with Crippen LogP contribution in [0.2, 0.25) is 0 Å². The Bertz CT molecular complexity index is 751. The standard InChI is InChI=1S/C10H10N6/c1-6-2-3-8-7(4-6)9-15(12)5-13-16(9)10(11)14-8/h2-5,11H,12H2,1H3. The van der Waals surface area contributed by atoms with Gasteiger partial charge in [-0.3, -0.25) is 5.41 Å². The lowest BCUT2D eigenvalue weighted by molar-refractivity contribution is 0.827. The lowest BCUT2D eigenvalue weighted by atomic mass is 10.2. The van der Waals surface area contributed by atoms with Crippen LogP contribution in [0.3, 0.4) is 0 Å². The van der Waals surface area contributed by atoms with Gasteiger partial charge >= 0.3 is 0 Å². The summed E-state index contributed by atoms with van der Waals surface area (Å²) in [5.74, 6) is 5.78. The number of nitrogens with two attached hydrogens (primary N) is 1. The minimum atomic E-state index is 0.0792. The Morgan fingerprint density at radius 1 is 1.38 bits per heavy atom. The number of benzene rings is 1. The topological polar surface area (TPSA) is 85.0 Å². The molecule has 0 fully saturated rings. The first-order valence-corrected chi connectivity index (χ1v) is 4.83. The molecule has 0 aliphatic carbocycles. The maximum absolute atomic E-state index is 7.73. The molecule has 0 amide bonds. The monoisotopic (exact) mass is 214 g/mol. The Morgan fingerprint density at radius 3 is 3.00 bits per heavy atom. The largest absolute Gasteiger partial charge is 0.336 e. The molecule has 6 heteroatoms. The van der Waals surface area contributed by atoms with Crippen LogP contribution in [0.25, 0.3) is 16.6 Å². The van der Waals surface area contributed by atoms with Crippen molar-refractivity contribution in [1.29, 1.82) is 5.41 Å². The van der Waals surface area contributed by atoms with E-state index in [-0.39, 0.29) is 5.62 Å². The van der Waals surface area contributed by atoms with Crippen molar-refractivity contribution in [3.8, 4) is 0 Å². The van der Waals surface area contributed by atoms with Gasteiger partial charge in [-0.15, -0.1) is 0 Å². The fourth-order valence-corrected chi connectivity index (χ4v) is 1.82. The third kappa shape index (κ3) is 1.04. The van der Waals surface area contributed by atoms with Crippen molar-refractivity contribution in [1.82, 2.24) is 19.3 Å². The Kier molecular flexibility index (Phi) is 1.57. The van der Waals surface area contributed by atoms with Crippen molar-refractivity contribution < 1.29 is 0 Å². The Hall–Kier alpha value is -2.37. The average molecular weight is 214 g/mol. The number of hydrogen-bond donors (Lipinski definition) is 2. The Balaban J connectivity index is 2.69. The minimum Gasteiger partial charge on any atom is -0.336 e. The van der Waals surface area contributed by atoms with Crippen LogP contribution in [-0.2, 0) is 0 Å². The summed E-state index contributed by atoms with van der Waals surface area (Å²) in [6.07, 6.45) is 1.47. The first-order chi connectivity index (χ1) is 7.66. The highest BCUT2D eigenvalue weighted by Crippen LogP contribution is 2.16. The maximum atomic E-state index is 7.73. The van der Waals surface area contributed by atoms with Gasteiger partial charge in [0.05, 0.1) is 5.52 Å². The summed E-state index contributed by atoms with van der Waals surface area (Å²) < 4.78 is 2.82. The first kappa shape index (κ1) is 8.90. The summed E-state index contributed by atoms with van der Waals surface area (Å²) in [5.41, 5.74) is 2.63. The molecule has 0 saturated carbocycles. The first-order valence-electron chi connectivity index (χ1n) is 4.83. The molecular weight excluding hydrogens is 204 g/mol. The fourth-order valence-electron chi connectivity index (χ4n) is 1.82. The summed E-state index contributed by atoms with van der Waals surface area (Å²) in [6, 6.07) is 5.83. The van der Waals surface area contributed by atoms with Gasteiger partial charge in [-0.1, -0.05) is 11.6 Å². The van der Waals surface area contributed by atoms with E-state index in [2.05, 4.69) is 10.1 Å². The summed E-state index contributed by atoms with van der Waals surface area (Å²) in [5, 5.41) is 12.6. The second kappa shape index (κ2) is 2.82. The number of fused-ring (bicyclic) bond motifs is 3. The molecule has 80 valence electrons. The van der Waals surface area contributed by atoms with E-state index in [1.807, 2.05) is 25.1 Å². The van der Waals surface area contributed by atoms with E-state index < -0.39 is 0 Å². The SMILES string of the molecule is Cc1ccc2nc(=N)n3ncn(N)c3c2c1. The summed E-state index contributed by atoms with van der Waals surface area (Å²) in [7, 11) is 0. The number of aryl methyl sites for hydroxylation is 1. The third-order valence-corrected chi connectivity index (χ3v) is 2.56. The molecule has 16 heavy (non-hydrogen) atoms. The number of nitrogen functional groups attached to an aromatic ring is 1. The smallest absolute Gasteiger partial charge is 0.245 e. The van der Waals surface area contributed by atoms with Crippen LogP contribution in [-0.4, -0.2) is 19.3 Å². The molecule has 0 atom stereocenters. The van der Waals surface area contributed by atoms with Crippen LogP contribution in [0.15, 0.2) is 24.5 Å². The third-order valence-electron chi connectivity index (χ3n) is 2.56. The molecule has 0 bridgehead atoms. The van der Waals surface area contributed by atoms with Crippen LogP contribution in [0.4, 0.5) is 0 Å². The number of rotatable bonds is 0. The van der Waals surface area contributed by atoms with Crippen molar-refractivity contribution in [2.24, 2.45) is 0 Å². The van der Waals surface area contributed by atoms with Crippen LogP contribution < -0.4 is 11.5 Å². The van der Waals surface area contributed by atoms with E-state index in [0.717, 1.165) is 16.5 Å². The van der Waals surface area contributed by atoms with Crippen LogP contribution in [0.1, 0.15) is 5.56 Å². The molecule has 6 nitrogen and oxygen atoms in total. The van der Waals surface area contributed by atoms with Crippen LogP contribution in [0.5, 0.6) is 0 Å². The second-order valence-corrected chi connectivity index (χ2v) is 3.73. The van der Waals surface area contributed by atoms with Crippen molar-refractivity contribution >= 4 is 16.6 Å². The molecule has 0 saturated heterocycles. The predicted octanol–water partition coefficient (Wildman–Crippen LogP) is 0.186. The molecule has 0 radical (unpaired) electrons. The Labute approximate surface area is 90.4 Å². The number of nitrogens with one attached hydrogen (secondary N) is 1. The van der Waals surface area contributed by atoms with Gasteiger partial charge in [-0.05, 0) is 19.1 Å². The highest BCUT2D eigenvalue weighted by Gasteiger charge is 2.07. The van der Waals surface area contributed by atoms with Gasteiger partial charge in [-0.2, -0.15) is 9.61 Å². The predicted molar refractivity (Wildman–Crippen MR) is 59.2 cm³/mol. The van der Waals surface area contributed by atoms with E-state index in [1.165, 1.54) is 15.5 Å². The van der Waals surface area contributed by atoms with E-state index in [0.29, 0.717) is 5.65 Å². The molecule has 2 aromatic heterocycles. The fraction of sp³-hybridized carbons (Fsp3) is 0.100. The van der Waals surface area contributed by atoms with E-state index in [4.69, 9.17) is 11.3 Å². The molecule has 0 aliphatic heterocycles. The van der Waals surface area contributed by atoms with E-state index in [9.17, 15) is 0 Å². The van der Waals surface area contributed by atoms with Crippen molar-refractivity contribution in [2.45, 2.75) is 6.92 Å². The van der Waals surface area contributed by atoms with Gasteiger partial charge in [0.1, 0.15) is 6.33 Å². The molecule has 3 rings (SSSR count). The van der Waals surface area contributed by atoms with Gasteiger partial charge < -0.3 is 5.84 Å². The summed E-state index contributed by atoms with van der Waals surface area (Å²) in [4.78, 5) is 4.16. The van der Waals surface area contributed by atoms with Gasteiger partial charge in [0.2, 0.25) is 5.62 Å². The normalized spacial score (nSPS) is 11.3. The van der Waals surface area contributed by atoms with E-state index >= 15 is 0 Å². The lowest BCUT2D eigenvalue weighted by Crippen LogP contribution is -2.19. The zero-order chi connectivity index (χ0) is 11.3. The van der Waals surface area contributed by atoms with Gasteiger partial charge in [0.25, 0.3) is 0 Å². The zero-order valence-corrected chi connectivity index (χ0v) is 8.68. The quantitative estimate of drug-likeness (QED) is 0.524. The lowest BCUT2D eigenvalue weighted by Gasteiger charge is -2.02. The van der Waals surface area contributed by atoms with Crippen LogP contribution >= 0.6 is 0 Å². The number of aromatic nitrogens is 4. The van der Waals surface area contributed by atoms with Crippen LogP contribution in [0, 0.1) is 12.3 Å². The molecule has 0 aliphatic rings. The molecule has 3 N–H and O–H groups in total. The van der Waals surface area contributed by atoms with Crippen molar-refractivity contribution in [3.05, 3.63) is 35.7 Å². The van der Waals surface area contributed by atoms with Gasteiger partial charge in [-0.25, -0.2) is 9.66 Å². The van der Waals surface area contributed by atoms with Crippen molar-refractivity contribution in [2.75, 3.05) is 5.84 Å². The minimum absolute atomic E-state index is 0.0792. The highest BCUT2D eigenvalue weighted by atomic mass is 15.4. The Morgan fingerprint density at radius 2 is 2.19 bits per heavy atom. The molecule has 2 heterocycles.